The molecule has 1 fully saturated rings. The van der Waals surface area contributed by atoms with Gasteiger partial charge in [-0.3, -0.25) is 9.59 Å². The van der Waals surface area contributed by atoms with Crippen molar-refractivity contribution in [2.45, 2.75) is 38.2 Å². The first kappa shape index (κ1) is 21.0. The molecule has 1 aliphatic rings. The van der Waals surface area contributed by atoms with E-state index in [-0.39, 0.29) is 22.9 Å². The molecule has 1 N–H and O–H groups in total. The lowest BCUT2D eigenvalue weighted by atomic mass is 9.74. The van der Waals surface area contributed by atoms with Gasteiger partial charge in [0.2, 0.25) is 0 Å². The number of ketones is 1. The molecule has 0 aliphatic carbocycles. The highest BCUT2D eigenvalue weighted by atomic mass is 19.1. The molecule has 1 aliphatic heterocycles. The molecule has 1 heterocycles. The van der Waals surface area contributed by atoms with Gasteiger partial charge in [-0.05, 0) is 56.5 Å². The number of ether oxygens (including phenoxy) is 2. The summed E-state index contributed by atoms with van der Waals surface area (Å²) >= 11 is 0. The normalized spacial score (nSPS) is 16.7. The molecule has 0 radical (unpaired) electrons. The van der Waals surface area contributed by atoms with Crippen molar-refractivity contribution >= 4 is 11.7 Å². The summed E-state index contributed by atoms with van der Waals surface area (Å²) in [7, 11) is 0. The number of Topliss-reactive ketones (excluding diaryl/α,β-unsaturated/α-hetero) is 1. The summed E-state index contributed by atoms with van der Waals surface area (Å²) in [5.74, 6) is -0.117. The third-order valence-electron chi connectivity index (χ3n) is 5.43. The molecule has 0 saturated carbocycles. The lowest BCUT2D eigenvalue weighted by molar-refractivity contribution is -0.127. The third-order valence-corrected chi connectivity index (χ3v) is 5.43. The quantitative estimate of drug-likeness (QED) is 0.722. The highest BCUT2D eigenvalue weighted by Gasteiger charge is 2.35. The number of carbonyl (C=O) groups is 2. The number of amides is 1. The predicted octanol–water partition coefficient (Wildman–Crippen LogP) is 3.66. The standard InChI is InChI=1S/C23H26FNO4/c1-16(26)18-4-3-5-21(14-18)29-17(2)22(27)25-15-23(10-12-28-13-11-23)19-6-8-20(24)9-7-19/h3-9,14,17H,10-13,15H2,1-2H3,(H,25,27). The summed E-state index contributed by atoms with van der Waals surface area (Å²) in [5.41, 5.74) is 1.23. The van der Waals surface area contributed by atoms with Gasteiger partial charge in [0.15, 0.2) is 11.9 Å². The zero-order valence-electron chi connectivity index (χ0n) is 16.7. The molecular weight excluding hydrogens is 373 g/mol. The third kappa shape index (κ3) is 5.21. The monoisotopic (exact) mass is 399 g/mol. The summed E-state index contributed by atoms with van der Waals surface area (Å²) in [6, 6.07) is 13.2. The number of nitrogens with one attached hydrogen (secondary N) is 1. The SMILES string of the molecule is CC(=O)c1cccc(OC(C)C(=O)NCC2(c3ccc(F)cc3)CCOCC2)c1. The van der Waals surface area contributed by atoms with E-state index in [4.69, 9.17) is 9.47 Å². The second-order valence-corrected chi connectivity index (χ2v) is 7.46. The van der Waals surface area contributed by atoms with Gasteiger partial charge in [0.1, 0.15) is 11.6 Å². The summed E-state index contributed by atoms with van der Waals surface area (Å²) < 4.78 is 24.6. The smallest absolute Gasteiger partial charge is 0.260 e. The fraction of sp³-hybridized carbons (Fsp3) is 0.391. The molecule has 1 saturated heterocycles. The van der Waals surface area contributed by atoms with Gasteiger partial charge in [0, 0.05) is 30.7 Å². The average Bonchev–Trinajstić information content (AvgIpc) is 2.73. The van der Waals surface area contributed by atoms with Crippen molar-refractivity contribution in [2.24, 2.45) is 0 Å². The molecule has 154 valence electrons. The van der Waals surface area contributed by atoms with Crippen LogP contribution >= 0.6 is 0 Å². The van der Waals surface area contributed by atoms with E-state index in [0.717, 1.165) is 18.4 Å². The van der Waals surface area contributed by atoms with E-state index in [2.05, 4.69) is 5.32 Å². The Kier molecular flexibility index (Phi) is 6.64. The fourth-order valence-corrected chi connectivity index (χ4v) is 3.58. The van der Waals surface area contributed by atoms with Crippen LogP contribution in [-0.4, -0.2) is 37.6 Å². The topological polar surface area (TPSA) is 64.6 Å². The summed E-state index contributed by atoms with van der Waals surface area (Å²) in [5, 5.41) is 2.98. The lowest BCUT2D eigenvalue weighted by Crippen LogP contribution is -2.47. The van der Waals surface area contributed by atoms with Crippen molar-refractivity contribution < 1.29 is 23.5 Å². The lowest BCUT2D eigenvalue weighted by Gasteiger charge is -2.38. The summed E-state index contributed by atoms with van der Waals surface area (Å²) in [6.45, 7) is 4.76. The maximum atomic E-state index is 13.4. The first-order valence-corrected chi connectivity index (χ1v) is 9.79. The molecular formula is C23H26FNO4. The van der Waals surface area contributed by atoms with Crippen LogP contribution in [0.15, 0.2) is 48.5 Å². The zero-order chi connectivity index (χ0) is 20.9. The van der Waals surface area contributed by atoms with E-state index in [9.17, 15) is 14.0 Å². The number of rotatable bonds is 7. The molecule has 0 aromatic heterocycles. The van der Waals surface area contributed by atoms with E-state index < -0.39 is 6.10 Å². The Bertz CT molecular complexity index is 859. The van der Waals surface area contributed by atoms with Crippen molar-refractivity contribution in [3.05, 3.63) is 65.5 Å². The van der Waals surface area contributed by atoms with Crippen LogP contribution in [0.5, 0.6) is 5.75 Å². The van der Waals surface area contributed by atoms with E-state index in [1.165, 1.54) is 19.1 Å². The summed E-state index contributed by atoms with van der Waals surface area (Å²) in [4.78, 5) is 24.2. The van der Waals surface area contributed by atoms with Crippen LogP contribution in [0.2, 0.25) is 0 Å². The minimum Gasteiger partial charge on any atom is -0.481 e. The maximum Gasteiger partial charge on any atom is 0.260 e. The van der Waals surface area contributed by atoms with Gasteiger partial charge >= 0.3 is 0 Å². The van der Waals surface area contributed by atoms with Crippen LogP contribution in [0.25, 0.3) is 0 Å². The Hall–Kier alpha value is -2.73. The van der Waals surface area contributed by atoms with Gasteiger partial charge in [-0.25, -0.2) is 4.39 Å². The molecule has 29 heavy (non-hydrogen) atoms. The van der Waals surface area contributed by atoms with E-state index in [0.29, 0.717) is 31.1 Å². The van der Waals surface area contributed by atoms with Crippen LogP contribution in [0.3, 0.4) is 0 Å². The minimum absolute atomic E-state index is 0.0617. The Labute approximate surface area is 170 Å². The number of carbonyl (C=O) groups excluding carboxylic acids is 2. The number of hydrogen-bond donors (Lipinski definition) is 1. The minimum atomic E-state index is -0.720. The Morgan fingerprint density at radius 3 is 2.52 bits per heavy atom. The van der Waals surface area contributed by atoms with Crippen molar-refractivity contribution in [1.29, 1.82) is 0 Å². The molecule has 1 atom stereocenters. The molecule has 1 amide bonds. The molecule has 5 nitrogen and oxygen atoms in total. The largest absolute Gasteiger partial charge is 0.481 e. The van der Waals surface area contributed by atoms with Gasteiger partial charge in [-0.2, -0.15) is 0 Å². The van der Waals surface area contributed by atoms with Crippen molar-refractivity contribution in [1.82, 2.24) is 5.32 Å². The highest BCUT2D eigenvalue weighted by molar-refractivity contribution is 5.94. The van der Waals surface area contributed by atoms with Gasteiger partial charge in [0.25, 0.3) is 5.91 Å². The zero-order valence-corrected chi connectivity index (χ0v) is 16.7. The molecule has 2 aromatic rings. The van der Waals surface area contributed by atoms with Gasteiger partial charge in [-0.15, -0.1) is 0 Å². The fourth-order valence-electron chi connectivity index (χ4n) is 3.58. The number of hydrogen-bond acceptors (Lipinski definition) is 4. The molecule has 0 bridgehead atoms. The van der Waals surface area contributed by atoms with E-state index in [1.54, 1.807) is 43.3 Å². The second-order valence-electron chi connectivity index (χ2n) is 7.46. The van der Waals surface area contributed by atoms with Crippen molar-refractivity contribution in [3.63, 3.8) is 0 Å². The van der Waals surface area contributed by atoms with E-state index >= 15 is 0 Å². The van der Waals surface area contributed by atoms with E-state index in [1.807, 2.05) is 0 Å². The van der Waals surface area contributed by atoms with Gasteiger partial charge < -0.3 is 14.8 Å². The highest BCUT2D eigenvalue weighted by Crippen LogP contribution is 2.34. The molecule has 6 heteroatoms. The van der Waals surface area contributed by atoms with Gasteiger partial charge in [0.05, 0.1) is 0 Å². The Balaban J connectivity index is 1.66. The van der Waals surface area contributed by atoms with Crippen LogP contribution < -0.4 is 10.1 Å². The second kappa shape index (κ2) is 9.18. The first-order chi connectivity index (χ1) is 13.9. The summed E-state index contributed by atoms with van der Waals surface area (Å²) in [6.07, 6.45) is 0.770. The van der Waals surface area contributed by atoms with Gasteiger partial charge in [-0.1, -0.05) is 24.3 Å². The van der Waals surface area contributed by atoms with Crippen LogP contribution in [0.1, 0.15) is 42.6 Å². The van der Waals surface area contributed by atoms with Crippen LogP contribution in [0.4, 0.5) is 4.39 Å². The van der Waals surface area contributed by atoms with Crippen LogP contribution in [0, 0.1) is 5.82 Å². The van der Waals surface area contributed by atoms with Crippen molar-refractivity contribution in [2.75, 3.05) is 19.8 Å². The average molecular weight is 399 g/mol. The predicted molar refractivity (Wildman–Crippen MR) is 108 cm³/mol. The molecule has 3 rings (SSSR count). The molecule has 2 aromatic carbocycles. The molecule has 1 unspecified atom stereocenters. The van der Waals surface area contributed by atoms with Crippen molar-refractivity contribution in [3.8, 4) is 5.75 Å². The number of halogens is 1. The first-order valence-electron chi connectivity index (χ1n) is 9.79. The Morgan fingerprint density at radius 2 is 1.86 bits per heavy atom. The molecule has 0 spiro atoms. The van der Waals surface area contributed by atoms with Crippen LogP contribution in [-0.2, 0) is 14.9 Å². The Morgan fingerprint density at radius 1 is 1.17 bits per heavy atom. The number of benzene rings is 2. The maximum absolute atomic E-state index is 13.4.